The Hall–Kier alpha value is -1.43. The van der Waals surface area contributed by atoms with Gasteiger partial charge in [-0.05, 0) is 12.8 Å². The number of carbonyl (C=O) groups is 3. The van der Waals surface area contributed by atoms with E-state index in [1.807, 2.05) is 0 Å². The van der Waals surface area contributed by atoms with Gasteiger partial charge in [-0.3, -0.25) is 14.5 Å². The van der Waals surface area contributed by atoms with Crippen molar-refractivity contribution in [2.75, 3.05) is 13.2 Å². The fraction of sp³-hybridized carbons (Fsp3) is 0.769. The van der Waals surface area contributed by atoms with Gasteiger partial charge in [-0.2, -0.15) is 0 Å². The highest BCUT2D eigenvalue weighted by Gasteiger charge is 2.62. The molecular formula is C13H17NO5. The molecule has 104 valence electrons. The second kappa shape index (κ2) is 4.03. The van der Waals surface area contributed by atoms with E-state index >= 15 is 0 Å². The van der Waals surface area contributed by atoms with E-state index in [9.17, 15) is 19.5 Å². The van der Waals surface area contributed by atoms with Gasteiger partial charge in [0.1, 0.15) is 0 Å². The van der Waals surface area contributed by atoms with Crippen molar-refractivity contribution in [1.82, 2.24) is 4.90 Å². The summed E-state index contributed by atoms with van der Waals surface area (Å²) < 4.78 is 5.15. The number of likely N-dealkylation sites (tertiary alicyclic amines) is 1. The number of hydrogen-bond acceptors (Lipinski definition) is 4. The second-order valence-electron chi connectivity index (χ2n) is 5.84. The van der Waals surface area contributed by atoms with Crippen LogP contribution < -0.4 is 0 Å². The van der Waals surface area contributed by atoms with Crippen LogP contribution in [0.15, 0.2) is 0 Å². The second-order valence-corrected chi connectivity index (χ2v) is 5.84. The van der Waals surface area contributed by atoms with Gasteiger partial charge in [-0.1, -0.05) is 12.8 Å². The van der Waals surface area contributed by atoms with Crippen LogP contribution in [0, 0.1) is 5.41 Å². The number of carboxylic acids is 1. The zero-order chi connectivity index (χ0) is 13.7. The first kappa shape index (κ1) is 12.6. The summed E-state index contributed by atoms with van der Waals surface area (Å²) in [4.78, 5) is 37.4. The molecule has 0 aromatic heterocycles. The number of nitrogens with zero attached hydrogens (tertiary/aromatic N) is 1. The smallest absolute Gasteiger partial charge is 0.332 e. The Labute approximate surface area is 110 Å². The molecule has 1 unspecified atom stereocenters. The summed E-state index contributed by atoms with van der Waals surface area (Å²) in [5.41, 5.74) is -2.09. The minimum Gasteiger partial charge on any atom is -0.479 e. The molecule has 2 heterocycles. The van der Waals surface area contributed by atoms with Crippen LogP contribution >= 0.6 is 0 Å². The number of imide groups is 1. The SMILES string of the molecule is O=C1CC2(CCCC2)C(=O)N1C1(C(=O)O)CCOC1. The first-order valence-corrected chi connectivity index (χ1v) is 6.71. The average Bonchev–Trinajstić information content (AvgIpc) is 3.03. The monoisotopic (exact) mass is 267 g/mol. The predicted molar refractivity (Wildman–Crippen MR) is 63.2 cm³/mol. The number of amides is 2. The zero-order valence-electron chi connectivity index (χ0n) is 10.7. The molecule has 2 saturated heterocycles. The van der Waals surface area contributed by atoms with Crippen LogP contribution in [0.4, 0.5) is 0 Å². The van der Waals surface area contributed by atoms with Crippen molar-refractivity contribution in [3.63, 3.8) is 0 Å². The van der Waals surface area contributed by atoms with E-state index in [4.69, 9.17) is 4.74 Å². The highest BCUT2D eigenvalue weighted by atomic mass is 16.5. The van der Waals surface area contributed by atoms with Gasteiger partial charge in [0, 0.05) is 19.4 Å². The van der Waals surface area contributed by atoms with Gasteiger partial charge >= 0.3 is 5.97 Å². The molecule has 19 heavy (non-hydrogen) atoms. The third kappa shape index (κ3) is 1.55. The van der Waals surface area contributed by atoms with Crippen LogP contribution in [0.2, 0.25) is 0 Å². The zero-order valence-corrected chi connectivity index (χ0v) is 10.7. The molecule has 0 bridgehead atoms. The summed E-state index contributed by atoms with van der Waals surface area (Å²) >= 11 is 0. The Morgan fingerprint density at radius 1 is 1.21 bits per heavy atom. The minimum absolute atomic E-state index is 0.0874. The highest BCUT2D eigenvalue weighted by molar-refractivity contribution is 6.09. The van der Waals surface area contributed by atoms with Crippen LogP contribution in [0.3, 0.4) is 0 Å². The third-order valence-electron chi connectivity index (χ3n) is 4.78. The molecule has 0 aromatic carbocycles. The van der Waals surface area contributed by atoms with Crippen LogP contribution in [0.1, 0.15) is 38.5 Å². The van der Waals surface area contributed by atoms with E-state index in [-0.39, 0.29) is 37.9 Å². The Morgan fingerprint density at radius 2 is 1.89 bits per heavy atom. The van der Waals surface area contributed by atoms with Crippen LogP contribution in [-0.2, 0) is 19.1 Å². The molecule has 0 aromatic rings. The number of carbonyl (C=O) groups excluding carboxylic acids is 2. The quantitative estimate of drug-likeness (QED) is 0.739. The molecule has 1 aliphatic carbocycles. The first-order valence-electron chi connectivity index (χ1n) is 6.71. The van der Waals surface area contributed by atoms with Crippen molar-refractivity contribution in [3.8, 4) is 0 Å². The van der Waals surface area contributed by atoms with Crippen molar-refractivity contribution < 1.29 is 24.2 Å². The summed E-state index contributed by atoms with van der Waals surface area (Å²) in [7, 11) is 0. The Balaban J connectivity index is 1.98. The number of carboxylic acid groups (broad SMARTS) is 1. The molecule has 6 nitrogen and oxygen atoms in total. The van der Waals surface area contributed by atoms with Crippen molar-refractivity contribution in [2.24, 2.45) is 5.41 Å². The normalized spacial score (nSPS) is 33.6. The summed E-state index contributed by atoms with van der Waals surface area (Å²) in [5, 5.41) is 9.46. The van der Waals surface area contributed by atoms with Gasteiger partial charge in [0.2, 0.25) is 11.8 Å². The fourth-order valence-corrected chi connectivity index (χ4v) is 3.66. The molecule has 3 fully saturated rings. The van der Waals surface area contributed by atoms with Crippen LogP contribution in [0.25, 0.3) is 0 Å². The molecule has 2 amide bonds. The molecule has 1 N–H and O–H groups in total. The summed E-state index contributed by atoms with van der Waals surface area (Å²) in [6.45, 7) is 0.187. The van der Waals surface area contributed by atoms with Gasteiger partial charge < -0.3 is 9.84 Å². The van der Waals surface area contributed by atoms with Crippen molar-refractivity contribution >= 4 is 17.8 Å². The molecule has 1 atom stereocenters. The molecule has 1 saturated carbocycles. The predicted octanol–water partition coefficient (Wildman–Crippen LogP) is 0.549. The Kier molecular flexibility index (Phi) is 2.67. The number of rotatable bonds is 2. The van der Waals surface area contributed by atoms with E-state index in [2.05, 4.69) is 0 Å². The maximum absolute atomic E-state index is 12.6. The fourth-order valence-electron chi connectivity index (χ4n) is 3.66. The molecule has 6 heteroatoms. The first-order chi connectivity index (χ1) is 9.02. The van der Waals surface area contributed by atoms with E-state index in [0.29, 0.717) is 12.8 Å². The topological polar surface area (TPSA) is 83.9 Å². The lowest BCUT2D eigenvalue weighted by atomic mass is 9.84. The summed E-state index contributed by atoms with van der Waals surface area (Å²) in [5.74, 6) is -1.77. The Bertz CT molecular complexity index is 446. The van der Waals surface area contributed by atoms with Crippen molar-refractivity contribution in [2.45, 2.75) is 44.1 Å². The van der Waals surface area contributed by atoms with E-state index in [1.165, 1.54) is 0 Å². The number of ether oxygens (including phenoxy) is 1. The Morgan fingerprint density at radius 3 is 2.42 bits per heavy atom. The minimum atomic E-state index is -1.47. The van der Waals surface area contributed by atoms with Gasteiger partial charge in [0.15, 0.2) is 5.54 Å². The van der Waals surface area contributed by atoms with Crippen molar-refractivity contribution in [1.29, 1.82) is 0 Å². The van der Waals surface area contributed by atoms with E-state index in [0.717, 1.165) is 17.7 Å². The molecule has 3 aliphatic rings. The third-order valence-corrected chi connectivity index (χ3v) is 4.78. The molecule has 2 aliphatic heterocycles. The van der Waals surface area contributed by atoms with Crippen molar-refractivity contribution in [3.05, 3.63) is 0 Å². The maximum atomic E-state index is 12.6. The maximum Gasteiger partial charge on any atom is 0.332 e. The summed E-state index contributed by atoms with van der Waals surface area (Å²) in [6.07, 6.45) is 3.62. The number of hydrogen-bond donors (Lipinski definition) is 1. The van der Waals surface area contributed by atoms with Gasteiger partial charge in [-0.15, -0.1) is 0 Å². The lowest BCUT2D eigenvalue weighted by Gasteiger charge is -2.33. The van der Waals surface area contributed by atoms with Gasteiger partial charge in [0.05, 0.1) is 12.0 Å². The molecule has 3 rings (SSSR count). The van der Waals surface area contributed by atoms with E-state index < -0.39 is 16.9 Å². The van der Waals surface area contributed by atoms with Gasteiger partial charge in [-0.25, -0.2) is 4.79 Å². The molecule has 1 spiro atoms. The average molecular weight is 267 g/mol. The van der Waals surface area contributed by atoms with Crippen LogP contribution in [0.5, 0.6) is 0 Å². The van der Waals surface area contributed by atoms with Crippen LogP contribution in [-0.4, -0.2) is 46.5 Å². The molecular weight excluding hydrogens is 250 g/mol. The highest BCUT2D eigenvalue weighted by Crippen LogP contribution is 2.49. The summed E-state index contributed by atoms with van der Waals surface area (Å²) in [6, 6.07) is 0. The molecule has 0 radical (unpaired) electrons. The van der Waals surface area contributed by atoms with E-state index in [1.54, 1.807) is 0 Å². The lowest BCUT2D eigenvalue weighted by molar-refractivity contribution is -0.164. The standard InChI is InChI=1S/C13H17NO5/c15-9-7-12(3-1-2-4-12)10(16)14(9)13(11(17)18)5-6-19-8-13/h1-8H2,(H,17,18). The lowest BCUT2D eigenvalue weighted by Crippen LogP contribution is -2.58. The van der Waals surface area contributed by atoms with Gasteiger partial charge in [0.25, 0.3) is 0 Å². The number of aliphatic carboxylic acids is 1. The largest absolute Gasteiger partial charge is 0.479 e.